The second kappa shape index (κ2) is 7.34. The zero-order valence-electron chi connectivity index (χ0n) is 13.0. The molecule has 1 heterocycles. The third-order valence-electron chi connectivity index (χ3n) is 3.58. The molecule has 1 amide bonds. The number of anilines is 1. The normalized spacial score (nSPS) is 15.3. The summed E-state index contributed by atoms with van der Waals surface area (Å²) in [6, 6.07) is 18.1. The monoisotopic (exact) mass is 320 g/mol. The van der Waals surface area contributed by atoms with Gasteiger partial charge in [-0.15, -0.1) is 0 Å². The summed E-state index contributed by atoms with van der Waals surface area (Å²) in [5.41, 5.74) is 1.54. The van der Waals surface area contributed by atoms with E-state index in [4.69, 9.17) is 9.47 Å². The summed E-state index contributed by atoms with van der Waals surface area (Å²) in [6.45, 7) is 0.354. The van der Waals surface area contributed by atoms with Crippen LogP contribution in [-0.4, -0.2) is 25.3 Å². The van der Waals surface area contributed by atoms with E-state index < -0.39 is 12.1 Å². The summed E-state index contributed by atoms with van der Waals surface area (Å²) in [5, 5.41) is 9.28. The third-order valence-corrected chi connectivity index (χ3v) is 3.58. The zero-order valence-corrected chi connectivity index (χ0v) is 13.0. The number of benzene rings is 2. The molecule has 0 spiro atoms. The lowest BCUT2D eigenvalue weighted by atomic mass is 10.0. The number of ether oxygens (including phenoxy) is 2. The number of nitriles is 1. The molecule has 0 radical (unpaired) electrons. The molecule has 120 valence electrons. The Kier molecular flexibility index (Phi) is 4.78. The Morgan fingerprint density at radius 3 is 2.62 bits per heavy atom. The van der Waals surface area contributed by atoms with E-state index in [-0.39, 0.29) is 13.2 Å². The molecular formula is C19H16N2O3. The van der Waals surface area contributed by atoms with Crippen LogP contribution in [0.2, 0.25) is 0 Å². The second-order valence-corrected chi connectivity index (χ2v) is 5.14. The van der Waals surface area contributed by atoms with Crippen LogP contribution >= 0.6 is 0 Å². The van der Waals surface area contributed by atoms with E-state index in [9.17, 15) is 10.1 Å². The SMILES string of the molecule is N#CC1C=Cc2ccccc2N1C(=O)OCCOc1ccccc1. The van der Waals surface area contributed by atoms with Gasteiger partial charge in [-0.3, -0.25) is 4.90 Å². The van der Waals surface area contributed by atoms with Gasteiger partial charge in [0.2, 0.25) is 0 Å². The van der Waals surface area contributed by atoms with E-state index in [2.05, 4.69) is 6.07 Å². The van der Waals surface area contributed by atoms with Crippen molar-refractivity contribution < 1.29 is 14.3 Å². The Bertz CT molecular complexity index is 781. The van der Waals surface area contributed by atoms with Gasteiger partial charge in [0.1, 0.15) is 25.0 Å². The van der Waals surface area contributed by atoms with Crippen molar-refractivity contribution in [3.63, 3.8) is 0 Å². The van der Waals surface area contributed by atoms with Crippen LogP contribution in [0, 0.1) is 11.3 Å². The maximum atomic E-state index is 12.4. The van der Waals surface area contributed by atoms with Crippen molar-refractivity contribution in [1.29, 1.82) is 5.26 Å². The molecule has 1 unspecified atom stereocenters. The van der Waals surface area contributed by atoms with Gasteiger partial charge in [0.15, 0.2) is 0 Å². The number of para-hydroxylation sites is 2. The highest BCUT2D eigenvalue weighted by atomic mass is 16.6. The smallest absolute Gasteiger partial charge is 0.415 e. The molecule has 1 aliphatic heterocycles. The number of hydrogen-bond acceptors (Lipinski definition) is 4. The Balaban J connectivity index is 1.61. The molecule has 3 rings (SSSR count). The summed E-state index contributed by atoms with van der Waals surface area (Å²) in [6.07, 6.45) is 2.96. The number of hydrogen-bond donors (Lipinski definition) is 0. The first-order valence-corrected chi connectivity index (χ1v) is 7.60. The van der Waals surface area contributed by atoms with Crippen LogP contribution in [0.25, 0.3) is 6.08 Å². The van der Waals surface area contributed by atoms with Crippen molar-refractivity contribution >= 4 is 17.9 Å². The topological polar surface area (TPSA) is 62.6 Å². The van der Waals surface area contributed by atoms with Gasteiger partial charge in [-0.2, -0.15) is 5.26 Å². The van der Waals surface area contributed by atoms with Gasteiger partial charge in [-0.25, -0.2) is 4.79 Å². The Morgan fingerprint density at radius 1 is 1.08 bits per heavy atom. The fraction of sp³-hybridized carbons (Fsp3) is 0.158. The molecule has 0 fully saturated rings. The Morgan fingerprint density at radius 2 is 1.83 bits per heavy atom. The molecule has 2 aromatic carbocycles. The van der Waals surface area contributed by atoms with Crippen LogP contribution in [0.5, 0.6) is 5.75 Å². The average Bonchev–Trinajstić information content (AvgIpc) is 2.65. The van der Waals surface area contributed by atoms with Crippen LogP contribution < -0.4 is 9.64 Å². The van der Waals surface area contributed by atoms with Crippen LogP contribution in [-0.2, 0) is 4.74 Å². The highest BCUT2D eigenvalue weighted by molar-refractivity contribution is 5.94. The fourth-order valence-electron chi connectivity index (χ4n) is 2.47. The number of amides is 1. The standard InChI is InChI=1S/C19H16N2O3/c20-14-16-11-10-15-6-4-5-9-18(15)21(16)19(22)24-13-12-23-17-7-2-1-3-8-17/h1-11,16H,12-13H2. The third kappa shape index (κ3) is 3.39. The van der Waals surface area contributed by atoms with Crippen molar-refractivity contribution in [1.82, 2.24) is 0 Å². The Labute approximate surface area is 140 Å². The van der Waals surface area contributed by atoms with Gasteiger partial charge in [-0.1, -0.05) is 42.5 Å². The molecule has 0 saturated heterocycles. The molecule has 2 aromatic rings. The highest BCUT2D eigenvalue weighted by Gasteiger charge is 2.29. The van der Waals surface area contributed by atoms with E-state index in [1.165, 1.54) is 4.90 Å². The van der Waals surface area contributed by atoms with Gasteiger partial charge >= 0.3 is 6.09 Å². The fourth-order valence-corrected chi connectivity index (χ4v) is 2.47. The predicted molar refractivity (Wildman–Crippen MR) is 90.6 cm³/mol. The summed E-state index contributed by atoms with van der Waals surface area (Å²) in [4.78, 5) is 13.8. The minimum atomic E-state index is -0.678. The van der Waals surface area contributed by atoms with Crippen LogP contribution in [0.4, 0.5) is 10.5 Å². The van der Waals surface area contributed by atoms with Crippen LogP contribution in [0.15, 0.2) is 60.7 Å². The van der Waals surface area contributed by atoms with Gasteiger partial charge in [0.25, 0.3) is 0 Å². The van der Waals surface area contributed by atoms with E-state index in [1.54, 1.807) is 12.1 Å². The number of carbonyl (C=O) groups excluding carboxylic acids is 1. The van der Waals surface area contributed by atoms with Crippen LogP contribution in [0.1, 0.15) is 5.56 Å². The second-order valence-electron chi connectivity index (χ2n) is 5.14. The van der Waals surface area contributed by atoms with Crippen molar-refractivity contribution in [3.05, 3.63) is 66.2 Å². The number of nitrogens with zero attached hydrogens (tertiary/aromatic N) is 2. The molecular weight excluding hydrogens is 304 g/mol. The lowest BCUT2D eigenvalue weighted by molar-refractivity contribution is 0.131. The maximum Gasteiger partial charge on any atom is 0.415 e. The predicted octanol–water partition coefficient (Wildman–Crippen LogP) is 3.63. The maximum absolute atomic E-state index is 12.4. The van der Waals surface area contributed by atoms with E-state index in [0.717, 1.165) is 11.3 Å². The molecule has 1 atom stereocenters. The number of rotatable bonds is 4. The molecule has 1 aliphatic rings. The summed E-state index contributed by atoms with van der Waals surface area (Å²) in [7, 11) is 0. The molecule has 0 N–H and O–H groups in total. The molecule has 5 nitrogen and oxygen atoms in total. The van der Waals surface area contributed by atoms with Crippen molar-refractivity contribution in [2.45, 2.75) is 6.04 Å². The van der Waals surface area contributed by atoms with Gasteiger partial charge in [0.05, 0.1) is 11.8 Å². The average molecular weight is 320 g/mol. The minimum absolute atomic E-state index is 0.105. The van der Waals surface area contributed by atoms with E-state index in [1.807, 2.05) is 54.6 Å². The Hall–Kier alpha value is -3.26. The molecule has 0 aromatic heterocycles. The van der Waals surface area contributed by atoms with Gasteiger partial charge in [-0.05, 0) is 29.8 Å². The first kappa shape index (κ1) is 15.6. The zero-order chi connectivity index (χ0) is 16.8. The largest absolute Gasteiger partial charge is 0.490 e. The lowest BCUT2D eigenvalue weighted by Crippen LogP contribution is -2.41. The van der Waals surface area contributed by atoms with Crippen molar-refractivity contribution in [3.8, 4) is 11.8 Å². The van der Waals surface area contributed by atoms with Gasteiger partial charge in [0, 0.05) is 0 Å². The lowest BCUT2D eigenvalue weighted by Gasteiger charge is -2.29. The summed E-state index contributed by atoms with van der Waals surface area (Å²) >= 11 is 0. The molecule has 0 bridgehead atoms. The van der Waals surface area contributed by atoms with Crippen molar-refractivity contribution in [2.24, 2.45) is 0 Å². The molecule has 0 aliphatic carbocycles. The quantitative estimate of drug-likeness (QED) is 0.807. The molecule has 24 heavy (non-hydrogen) atoms. The van der Waals surface area contributed by atoms with Crippen LogP contribution in [0.3, 0.4) is 0 Å². The minimum Gasteiger partial charge on any atom is -0.490 e. The number of carbonyl (C=O) groups is 1. The molecule has 5 heteroatoms. The van der Waals surface area contributed by atoms with E-state index >= 15 is 0 Å². The number of fused-ring (bicyclic) bond motifs is 1. The first-order valence-electron chi connectivity index (χ1n) is 7.60. The van der Waals surface area contributed by atoms with Gasteiger partial charge < -0.3 is 9.47 Å². The summed E-state index contributed by atoms with van der Waals surface area (Å²) < 4.78 is 10.8. The molecule has 0 saturated carbocycles. The highest BCUT2D eigenvalue weighted by Crippen LogP contribution is 2.29. The van der Waals surface area contributed by atoms with Crippen molar-refractivity contribution in [2.75, 3.05) is 18.1 Å². The van der Waals surface area contributed by atoms with E-state index in [0.29, 0.717) is 5.69 Å². The first-order chi connectivity index (χ1) is 11.8. The summed E-state index contributed by atoms with van der Waals surface area (Å²) in [5.74, 6) is 0.717.